The normalized spacial score (nSPS) is 18.1. The number of benzene rings is 2. The Bertz CT molecular complexity index is 906. The SMILES string of the molecule is COc1cc(CNc2ccc(C(N)=O)c(N3CCCCC3)c2)c2c(c1)CC(C)O2. The summed E-state index contributed by atoms with van der Waals surface area (Å²) in [6.07, 6.45) is 4.59. The van der Waals surface area contributed by atoms with Crippen LogP contribution in [0.25, 0.3) is 0 Å². The second-order valence-electron chi connectivity index (χ2n) is 7.90. The van der Waals surface area contributed by atoms with Gasteiger partial charge < -0.3 is 25.4 Å². The van der Waals surface area contributed by atoms with Gasteiger partial charge in [0, 0.05) is 42.9 Å². The Morgan fingerprint density at radius 2 is 2.03 bits per heavy atom. The van der Waals surface area contributed by atoms with Crippen molar-refractivity contribution < 1.29 is 14.3 Å². The highest BCUT2D eigenvalue weighted by atomic mass is 16.5. The van der Waals surface area contributed by atoms with Crippen molar-refractivity contribution in [1.29, 1.82) is 0 Å². The lowest BCUT2D eigenvalue weighted by Crippen LogP contribution is -2.31. The molecule has 0 bridgehead atoms. The Kier molecular flexibility index (Phi) is 5.51. The first-order valence-electron chi connectivity index (χ1n) is 10.3. The molecule has 2 heterocycles. The molecule has 2 aliphatic heterocycles. The number of primary amides is 1. The summed E-state index contributed by atoms with van der Waals surface area (Å²) in [5, 5.41) is 3.49. The smallest absolute Gasteiger partial charge is 0.250 e. The third-order valence-electron chi connectivity index (χ3n) is 5.72. The summed E-state index contributed by atoms with van der Waals surface area (Å²) in [4.78, 5) is 14.2. The maximum absolute atomic E-state index is 11.9. The van der Waals surface area contributed by atoms with Crippen LogP contribution in [0.4, 0.5) is 11.4 Å². The lowest BCUT2D eigenvalue weighted by molar-refractivity contribution is 0.100. The van der Waals surface area contributed by atoms with Crippen molar-refractivity contribution in [2.75, 3.05) is 30.4 Å². The van der Waals surface area contributed by atoms with Crippen LogP contribution in [0.1, 0.15) is 47.7 Å². The number of amides is 1. The molecular weight excluding hydrogens is 366 g/mol. The van der Waals surface area contributed by atoms with E-state index in [1.165, 1.54) is 12.0 Å². The number of carbonyl (C=O) groups is 1. The van der Waals surface area contributed by atoms with Crippen molar-refractivity contribution in [2.45, 2.75) is 45.3 Å². The molecule has 1 saturated heterocycles. The molecule has 0 aromatic heterocycles. The van der Waals surface area contributed by atoms with Gasteiger partial charge in [0.1, 0.15) is 17.6 Å². The van der Waals surface area contributed by atoms with Crippen molar-refractivity contribution in [3.05, 3.63) is 47.0 Å². The molecule has 1 fully saturated rings. The minimum absolute atomic E-state index is 0.177. The molecule has 154 valence electrons. The van der Waals surface area contributed by atoms with E-state index in [-0.39, 0.29) is 12.0 Å². The molecule has 1 amide bonds. The average molecular weight is 396 g/mol. The molecule has 1 unspecified atom stereocenters. The van der Waals surface area contributed by atoms with Gasteiger partial charge in [0.05, 0.1) is 18.4 Å². The molecule has 29 heavy (non-hydrogen) atoms. The van der Waals surface area contributed by atoms with Gasteiger partial charge in [-0.2, -0.15) is 0 Å². The van der Waals surface area contributed by atoms with E-state index in [1.54, 1.807) is 7.11 Å². The van der Waals surface area contributed by atoms with E-state index in [0.29, 0.717) is 12.1 Å². The zero-order valence-electron chi connectivity index (χ0n) is 17.2. The van der Waals surface area contributed by atoms with E-state index in [0.717, 1.165) is 60.8 Å². The molecule has 4 rings (SSSR count). The fourth-order valence-corrected chi connectivity index (χ4v) is 4.27. The summed E-state index contributed by atoms with van der Waals surface area (Å²) < 4.78 is 11.5. The Morgan fingerprint density at radius 3 is 2.76 bits per heavy atom. The zero-order chi connectivity index (χ0) is 20.4. The minimum atomic E-state index is -0.384. The van der Waals surface area contributed by atoms with Gasteiger partial charge in [-0.05, 0) is 56.5 Å². The molecule has 0 aliphatic carbocycles. The summed E-state index contributed by atoms with van der Waals surface area (Å²) >= 11 is 0. The van der Waals surface area contributed by atoms with Gasteiger partial charge in [-0.15, -0.1) is 0 Å². The number of anilines is 2. The van der Waals surface area contributed by atoms with Crippen molar-refractivity contribution in [2.24, 2.45) is 5.73 Å². The summed E-state index contributed by atoms with van der Waals surface area (Å²) in [7, 11) is 1.69. The largest absolute Gasteiger partial charge is 0.497 e. The van der Waals surface area contributed by atoms with Crippen LogP contribution in [0.5, 0.6) is 11.5 Å². The highest BCUT2D eigenvalue weighted by molar-refractivity contribution is 5.99. The predicted octanol–water partition coefficient (Wildman–Crippen LogP) is 3.72. The van der Waals surface area contributed by atoms with Gasteiger partial charge in [0.25, 0.3) is 5.91 Å². The highest BCUT2D eigenvalue weighted by Crippen LogP contribution is 2.37. The van der Waals surface area contributed by atoms with E-state index in [9.17, 15) is 4.79 Å². The van der Waals surface area contributed by atoms with E-state index >= 15 is 0 Å². The number of carbonyl (C=O) groups excluding carboxylic acids is 1. The number of nitrogens with one attached hydrogen (secondary N) is 1. The summed E-state index contributed by atoms with van der Waals surface area (Å²) in [5.41, 5.74) is 10.3. The number of rotatable bonds is 6. The predicted molar refractivity (Wildman–Crippen MR) is 115 cm³/mol. The van der Waals surface area contributed by atoms with Crippen molar-refractivity contribution in [3.63, 3.8) is 0 Å². The number of ether oxygens (including phenoxy) is 2. The number of hydrogen-bond acceptors (Lipinski definition) is 5. The van der Waals surface area contributed by atoms with Gasteiger partial charge in [-0.3, -0.25) is 4.79 Å². The van der Waals surface area contributed by atoms with Gasteiger partial charge in [0.15, 0.2) is 0 Å². The number of nitrogens with zero attached hydrogens (tertiary/aromatic N) is 1. The Morgan fingerprint density at radius 1 is 1.24 bits per heavy atom. The van der Waals surface area contributed by atoms with Gasteiger partial charge in [0.2, 0.25) is 0 Å². The molecule has 2 aromatic rings. The minimum Gasteiger partial charge on any atom is -0.497 e. The van der Waals surface area contributed by atoms with Crippen molar-refractivity contribution in [1.82, 2.24) is 0 Å². The van der Waals surface area contributed by atoms with E-state index in [4.69, 9.17) is 15.2 Å². The number of piperidine rings is 1. The highest BCUT2D eigenvalue weighted by Gasteiger charge is 2.23. The Labute approximate surface area is 172 Å². The van der Waals surface area contributed by atoms with Crippen LogP contribution in [0.2, 0.25) is 0 Å². The maximum atomic E-state index is 11.9. The molecule has 6 nitrogen and oxygen atoms in total. The van der Waals surface area contributed by atoms with Gasteiger partial charge in [-0.1, -0.05) is 0 Å². The van der Waals surface area contributed by atoms with E-state index in [2.05, 4.69) is 23.2 Å². The molecular formula is C23H29N3O3. The maximum Gasteiger partial charge on any atom is 0.250 e. The lowest BCUT2D eigenvalue weighted by atomic mass is 10.0. The summed E-state index contributed by atoms with van der Waals surface area (Å²) in [6, 6.07) is 9.85. The third-order valence-corrected chi connectivity index (χ3v) is 5.72. The van der Waals surface area contributed by atoms with Crippen molar-refractivity contribution in [3.8, 4) is 11.5 Å². The van der Waals surface area contributed by atoms with Crippen LogP contribution >= 0.6 is 0 Å². The standard InChI is InChI=1S/C23H29N3O3/c1-15-10-16-11-19(28-2)12-17(22(16)29-15)14-25-18-6-7-20(23(24)27)21(13-18)26-8-4-3-5-9-26/h6-7,11-13,15,25H,3-5,8-10,14H2,1-2H3,(H2,24,27). The molecule has 3 N–H and O–H groups in total. The monoisotopic (exact) mass is 395 g/mol. The quantitative estimate of drug-likeness (QED) is 0.780. The third kappa shape index (κ3) is 4.11. The van der Waals surface area contributed by atoms with Crippen molar-refractivity contribution >= 4 is 17.3 Å². The number of fused-ring (bicyclic) bond motifs is 1. The average Bonchev–Trinajstić information content (AvgIpc) is 3.12. The fourth-order valence-electron chi connectivity index (χ4n) is 4.27. The molecule has 0 saturated carbocycles. The first kappa shape index (κ1) is 19.4. The van der Waals surface area contributed by atoms with Gasteiger partial charge >= 0.3 is 0 Å². The summed E-state index contributed by atoms with van der Waals surface area (Å²) in [5.74, 6) is 1.41. The number of methoxy groups -OCH3 is 1. The van der Waals surface area contributed by atoms with Gasteiger partial charge in [-0.25, -0.2) is 0 Å². The molecule has 0 radical (unpaired) electrons. The zero-order valence-corrected chi connectivity index (χ0v) is 17.2. The topological polar surface area (TPSA) is 76.8 Å². The van der Waals surface area contributed by atoms with E-state index in [1.807, 2.05) is 24.3 Å². The number of hydrogen-bond donors (Lipinski definition) is 2. The van der Waals surface area contributed by atoms with Crippen LogP contribution in [0.15, 0.2) is 30.3 Å². The van der Waals surface area contributed by atoms with Crippen LogP contribution < -0.4 is 25.4 Å². The lowest BCUT2D eigenvalue weighted by Gasteiger charge is -2.30. The molecule has 2 aliphatic rings. The molecule has 2 aromatic carbocycles. The van der Waals surface area contributed by atoms with Crippen LogP contribution in [-0.4, -0.2) is 32.2 Å². The van der Waals surface area contributed by atoms with Crippen LogP contribution in [0, 0.1) is 0 Å². The van der Waals surface area contributed by atoms with Crippen LogP contribution in [0.3, 0.4) is 0 Å². The second kappa shape index (κ2) is 8.23. The number of nitrogens with two attached hydrogens (primary N) is 1. The first-order valence-corrected chi connectivity index (χ1v) is 10.3. The summed E-state index contributed by atoms with van der Waals surface area (Å²) in [6.45, 7) is 4.61. The first-order chi connectivity index (χ1) is 14.0. The Hall–Kier alpha value is -2.89. The molecule has 1 atom stereocenters. The van der Waals surface area contributed by atoms with Crippen LogP contribution in [-0.2, 0) is 13.0 Å². The fraction of sp³-hybridized carbons (Fsp3) is 0.435. The molecule has 6 heteroatoms. The Balaban J connectivity index is 1.58. The molecule has 0 spiro atoms. The second-order valence-corrected chi connectivity index (χ2v) is 7.90. The van der Waals surface area contributed by atoms with E-state index < -0.39 is 0 Å².